The Labute approximate surface area is 176 Å². The largest absolute Gasteiger partial charge is 0.447 e. The Bertz CT molecular complexity index is 1030. The SMILES string of the molecule is Cc1ccc(N2CCOC2=O)c(-c2ccc(CN3CCC(c4ccn[nH]4)C3)cc2)c1. The van der Waals surface area contributed by atoms with Crippen LogP contribution in [0.5, 0.6) is 0 Å². The average Bonchev–Trinajstić information content (AvgIpc) is 3.51. The summed E-state index contributed by atoms with van der Waals surface area (Å²) in [5.41, 5.74) is 6.82. The fraction of sp³-hybridized carbons (Fsp3) is 0.333. The highest BCUT2D eigenvalue weighted by molar-refractivity contribution is 5.95. The van der Waals surface area contributed by atoms with Gasteiger partial charge >= 0.3 is 6.09 Å². The van der Waals surface area contributed by atoms with E-state index in [9.17, 15) is 4.79 Å². The maximum Gasteiger partial charge on any atom is 0.414 e. The van der Waals surface area contributed by atoms with Crippen LogP contribution < -0.4 is 4.90 Å². The van der Waals surface area contributed by atoms with Gasteiger partial charge in [-0.15, -0.1) is 0 Å². The molecule has 30 heavy (non-hydrogen) atoms. The van der Waals surface area contributed by atoms with Gasteiger partial charge < -0.3 is 4.74 Å². The number of H-pyrrole nitrogens is 1. The highest BCUT2D eigenvalue weighted by atomic mass is 16.6. The second-order valence-electron chi connectivity index (χ2n) is 8.22. The normalized spacial score (nSPS) is 19.4. The number of aryl methyl sites for hydroxylation is 1. The maximum absolute atomic E-state index is 12.1. The fourth-order valence-corrected chi connectivity index (χ4v) is 4.50. The number of nitrogens with one attached hydrogen (secondary N) is 1. The lowest BCUT2D eigenvalue weighted by Crippen LogP contribution is -2.24. The van der Waals surface area contributed by atoms with Crippen molar-refractivity contribution in [1.82, 2.24) is 15.1 Å². The van der Waals surface area contributed by atoms with Gasteiger partial charge in [0.15, 0.2) is 0 Å². The number of hydrogen-bond donors (Lipinski definition) is 1. The first-order valence-corrected chi connectivity index (χ1v) is 10.5. The number of ether oxygens (including phenoxy) is 1. The summed E-state index contributed by atoms with van der Waals surface area (Å²) in [7, 11) is 0. The molecule has 5 rings (SSSR count). The standard InChI is InChI=1S/C24H26N4O2/c1-17-2-7-23(28-12-13-30-24(28)29)21(14-17)19-5-3-18(4-6-19)15-27-11-9-20(16-27)22-8-10-25-26-22/h2-8,10,14,20H,9,11-13,15-16H2,1H3,(H,25,26). The van der Waals surface area contributed by atoms with Gasteiger partial charge in [-0.1, -0.05) is 35.9 Å². The van der Waals surface area contributed by atoms with Crippen LogP contribution in [0.15, 0.2) is 54.7 Å². The first kappa shape index (κ1) is 18.9. The van der Waals surface area contributed by atoms with E-state index in [0.29, 0.717) is 19.1 Å². The number of likely N-dealkylation sites (tertiary alicyclic amines) is 1. The van der Waals surface area contributed by atoms with Crippen LogP contribution in [-0.2, 0) is 11.3 Å². The molecule has 2 aromatic carbocycles. The minimum atomic E-state index is -0.266. The lowest BCUT2D eigenvalue weighted by Gasteiger charge is -2.19. The first-order valence-electron chi connectivity index (χ1n) is 10.5. The molecule has 0 saturated carbocycles. The van der Waals surface area contributed by atoms with Gasteiger partial charge in [0.25, 0.3) is 0 Å². The highest BCUT2D eigenvalue weighted by Crippen LogP contribution is 2.34. The second kappa shape index (κ2) is 7.95. The lowest BCUT2D eigenvalue weighted by atomic mass is 9.99. The number of carbonyl (C=O) groups is 1. The molecule has 1 atom stereocenters. The van der Waals surface area contributed by atoms with Gasteiger partial charge in [-0.3, -0.25) is 14.9 Å². The van der Waals surface area contributed by atoms with Crippen LogP contribution in [0.25, 0.3) is 11.1 Å². The number of amides is 1. The van der Waals surface area contributed by atoms with Crippen LogP contribution in [0, 0.1) is 6.92 Å². The first-order chi connectivity index (χ1) is 14.7. The van der Waals surface area contributed by atoms with Gasteiger partial charge in [0, 0.05) is 36.5 Å². The minimum Gasteiger partial charge on any atom is -0.447 e. The van der Waals surface area contributed by atoms with Crippen molar-refractivity contribution in [3.05, 3.63) is 71.5 Å². The molecule has 1 aromatic heterocycles. The molecule has 154 valence electrons. The Morgan fingerprint density at radius 2 is 2.00 bits per heavy atom. The monoisotopic (exact) mass is 402 g/mol. The molecular weight excluding hydrogens is 376 g/mol. The van der Waals surface area contributed by atoms with E-state index in [0.717, 1.165) is 36.4 Å². The smallest absolute Gasteiger partial charge is 0.414 e. The molecule has 2 saturated heterocycles. The number of rotatable bonds is 5. The predicted molar refractivity (Wildman–Crippen MR) is 117 cm³/mol. The Morgan fingerprint density at radius 1 is 1.13 bits per heavy atom. The van der Waals surface area contributed by atoms with Crippen molar-refractivity contribution in [3.63, 3.8) is 0 Å². The van der Waals surface area contributed by atoms with Crippen molar-refractivity contribution in [2.75, 3.05) is 31.1 Å². The topological polar surface area (TPSA) is 61.5 Å². The van der Waals surface area contributed by atoms with E-state index in [1.165, 1.54) is 23.2 Å². The molecule has 2 fully saturated rings. The molecule has 3 aromatic rings. The molecule has 1 N–H and O–H groups in total. The van der Waals surface area contributed by atoms with E-state index >= 15 is 0 Å². The van der Waals surface area contributed by atoms with E-state index in [4.69, 9.17) is 4.74 Å². The van der Waals surface area contributed by atoms with E-state index < -0.39 is 0 Å². The third kappa shape index (κ3) is 3.71. The maximum atomic E-state index is 12.1. The van der Waals surface area contributed by atoms with Crippen molar-refractivity contribution >= 4 is 11.8 Å². The number of anilines is 1. The zero-order valence-electron chi connectivity index (χ0n) is 17.2. The number of nitrogens with zero attached hydrogens (tertiary/aromatic N) is 3. The van der Waals surface area contributed by atoms with Crippen LogP contribution in [0.4, 0.5) is 10.5 Å². The van der Waals surface area contributed by atoms with Gasteiger partial charge in [0.1, 0.15) is 6.61 Å². The molecular formula is C24H26N4O2. The van der Waals surface area contributed by atoms with Crippen LogP contribution >= 0.6 is 0 Å². The van der Waals surface area contributed by atoms with Crippen LogP contribution in [-0.4, -0.2) is 47.4 Å². The van der Waals surface area contributed by atoms with E-state index in [-0.39, 0.29) is 6.09 Å². The zero-order chi connectivity index (χ0) is 20.5. The number of hydrogen-bond acceptors (Lipinski definition) is 4. The highest BCUT2D eigenvalue weighted by Gasteiger charge is 2.27. The van der Waals surface area contributed by atoms with Crippen molar-refractivity contribution in [3.8, 4) is 11.1 Å². The summed E-state index contributed by atoms with van der Waals surface area (Å²) in [6.45, 7) is 6.23. The molecule has 0 radical (unpaired) electrons. The summed E-state index contributed by atoms with van der Waals surface area (Å²) in [4.78, 5) is 16.3. The molecule has 3 heterocycles. The number of aromatic nitrogens is 2. The van der Waals surface area contributed by atoms with Crippen molar-refractivity contribution in [2.24, 2.45) is 0 Å². The minimum absolute atomic E-state index is 0.266. The number of carbonyl (C=O) groups excluding carboxylic acids is 1. The predicted octanol–water partition coefficient (Wildman–Crippen LogP) is 4.33. The number of aromatic amines is 1. The third-order valence-corrected chi connectivity index (χ3v) is 6.11. The third-order valence-electron chi connectivity index (χ3n) is 6.11. The van der Waals surface area contributed by atoms with Crippen LogP contribution in [0.3, 0.4) is 0 Å². The molecule has 0 spiro atoms. The average molecular weight is 402 g/mol. The van der Waals surface area contributed by atoms with E-state index in [2.05, 4.69) is 58.4 Å². The summed E-state index contributed by atoms with van der Waals surface area (Å²) in [5, 5.41) is 7.20. The number of cyclic esters (lactones) is 1. The molecule has 2 aliphatic heterocycles. The van der Waals surface area contributed by atoms with Gasteiger partial charge in [0.2, 0.25) is 0 Å². The van der Waals surface area contributed by atoms with Gasteiger partial charge in [-0.05, 0) is 49.2 Å². The Kier molecular flexibility index (Phi) is 5.01. The van der Waals surface area contributed by atoms with E-state index in [1.807, 2.05) is 18.3 Å². The van der Waals surface area contributed by atoms with Gasteiger partial charge in [-0.2, -0.15) is 5.10 Å². The van der Waals surface area contributed by atoms with Crippen LogP contribution in [0.2, 0.25) is 0 Å². The molecule has 0 bridgehead atoms. The van der Waals surface area contributed by atoms with Crippen molar-refractivity contribution in [1.29, 1.82) is 0 Å². The summed E-state index contributed by atoms with van der Waals surface area (Å²) < 4.78 is 5.15. The van der Waals surface area contributed by atoms with Crippen molar-refractivity contribution < 1.29 is 9.53 Å². The molecule has 1 amide bonds. The summed E-state index contributed by atoms with van der Waals surface area (Å²) >= 11 is 0. The molecule has 6 heteroatoms. The molecule has 6 nitrogen and oxygen atoms in total. The molecule has 2 aliphatic rings. The molecule has 0 aliphatic carbocycles. The Hall–Kier alpha value is -3.12. The quantitative estimate of drug-likeness (QED) is 0.690. The summed E-state index contributed by atoms with van der Waals surface area (Å²) in [5.74, 6) is 0.543. The summed E-state index contributed by atoms with van der Waals surface area (Å²) in [6.07, 6.45) is 2.73. The second-order valence-corrected chi connectivity index (χ2v) is 8.22. The summed E-state index contributed by atoms with van der Waals surface area (Å²) in [6, 6.07) is 17.0. The molecule has 1 unspecified atom stereocenters. The van der Waals surface area contributed by atoms with Crippen LogP contribution in [0.1, 0.15) is 29.2 Å². The fourth-order valence-electron chi connectivity index (χ4n) is 4.50. The Morgan fingerprint density at radius 3 is 2.73 bits per heavy atom. The van der Waals surface area contributed by atoms with Gasteiger partial charge in [0.05, 0.1) is 12.2 Å². The zero-order valence-corrected chi connectivity index (χ0v) is 17.2. The lowest BCUT2D eigenvalue weighted by molar-refractivity contribution is 0.181. The van der Waals surface area contributed by atoms with E-state index in [1.54, 1.807) is 4.90 Å². The Balaban J connectivity index is 1.32. The van der Waals surface area contributed by atoms with Gasteiger partial charge in [-0.25, -0.2) is 4.79 Å². The number of benzene rings is 2. The van der Waals surface area contributed by atoms with Crippen molar-refractivity contribution in [2.45, 2.75) is 25.8 Å².